The molecule has 0 bridgehead atoms. The van der Waals surface area contributed by atoms with Crippen LogP contribution in [0.2, 0.25) is 0 Å². The smallest absolute Gasteiger partial charge is 0.342 e. The molecule has 4 rings (SSSR count). The number of esters is 1. The van der Waals surface area contributed by atoms with Crippen LogP contribution in [0, 0.1) is 6.92 Å². The minimum atomic E-state index is -0.636. The van der Waals surface area contributed by atoms with Gasteiger partial charge in [0.25, 0.3) is 5.56 Å². The van der Waals surface area contributed by atoms with Crippen molar-refractivity contribution < 1.29 is 18.4 Å². The molecule has 8 heteroatoms. The average Bonchev–Trinajstić information content (AvgIpc) is 3.06. The predicted molar refractivity (Wildman–Crippen MR) is 110 cm³/mol. The van der Waals surface area contributed by atoms with Crippen LogP contribution in [0.25, 0.3) is 22.1 Å². The van der Waals surface area contributed by atoms with E-state index in [1.54, 1.807) is 13.8 Å². The maximum atomic E-state index is 13.2. The second-order valence-corrected chi connectivity index (χ2v) is 6.89. The van der Waals surface area contributed by atoms with E-state index in [-0.39, 0.29) is 35.6 Å². The molecule has 0 amide bonds. The number of hydrogen-bond donors (Lipinski definition) is 0. The summed E-state index contributed by atoms with van der Waals surface area (Å²) in [5.41, 5.74) is 1.31. The van der Waals surface area contributed by atoms with E-state index in [0.717, 1.165) is 17.4 Å². The Kier molecular flexibility index (Phi) is 4.99. The zero-order valence-corrected chi connectivity index (χ0v) is 16.9. The number of rotatable bonds is 5. The van der Waals surface area contributed by atoms with Crippen molar-refractivity contribution in [1.82, 2.24) is 9.55 Å². The SMILES string of the molecule is CCOC(=O)c1c(C)oc2ncn(Cc3cc(=O)oc4cc(CC)ccc34)c(=O)c12. The van der Waals surface area contributed by atoms with Crippen LogP contribution >= 0.6 is 0 Å². The standard InChI is InChI=1S/C22H20N2O6/c1-4-13-6-7-15-14(9-17(25)30-16(15)8-13)10-24-11-23-20-19(21(24)26)18(12(3)29-20)22(27)28-5-2/h6-9,11H,4-5,10H2,1-3H3. The minimum absolute atomic E-state index is 0.0639. The number of fused-ring (bicyclic) bond motifs is 2. The fraction of sp³-hybridized carbons (Fsp3) is 0.273. The molecule has 8 nitrogen and oxygen atoms in total. The summed E-state index contributed by atoms with van der Waals surface area (Å²) in [6.07, 6.45) is 2.14. The van der Waals surface area contributed by atoms with E-state index in [0.29, 0.717) is 11.1 Å². The highest BCUT2D eigenvalue weighted by molar-refractivity contribution is 6.03. The van der Waals surface area contributed by atoms with Crippen molar-refractivity contribution in [2.75, 3.05) is 6.61 Å². The van der Waals surface area contributed by atoms with Crippen LogP contribution in [-0.4, -0.2) is 22.1 Å². The van der Waals surface area contributed by atoms with Crippen LogP contribution in [0.4, 0.5) is 0 Å². The van der Waals surface area contributed by atoms with Gasteiger partial charge in [-0.05, 0) is 37.5 Å². The Bertz CT molecular complexity index is 1390. The molecular weight excluding hydrogens is 388 g/mol. The maximum absolute atomic E-state index is 13.2. The van der Waals surface area contributed by atoms with E-state index in [1.807, 2.05) is 25.1 Å². The minimum Gasteiger partial charge on any atom is -0.462 e. The van der Waals surface area contributed by atoms with E-state index < -0.39 is 17.2 Å². The van der Waals surface area contributed by atoms with Gasteiger partial charge in [0.15, 0.2) is 0 Å². The average molecular weight is 408 g/mol. The maximum Gasteiger partial charge on any atom is 0.342 e. The Labute approximate surface area is 170 Å². The predicted octanol–water partition coefficient (Wildman–Crippen LogP) is 3.19. The number of carbonyl (C=O) groups is 1. The quantitative estimate of drug-likeness (QED) is 0.369. The lowest BCUT2D eigenvalue weighted by molar-refractivity contribution is 0.0526. The molecule has 0 N–H and O–H groups in total. The molecular formula is C22H20N2O6. The van der Waals surface area contributed by atoms with Crippen molar-refractivity contribution in [3.05, 3.63) is 73.8 Å². The van der Waals surface area contributed by atoms with Crippen molar-refractivity contribution >= 4 is 28.0 Å². The third-order valence-corrected chi connectivity index (χ3v) is 4.98. The topological polar surface area (TPSA) is 105 Å². The zero-order valence-electron chi connectivity index (χ0n) is 16.9. The van der Waals surface area contributed by atoms with Gasteiger partial charge < -0.3 is 13.6 Å². The van der Waals surface area contributed by atoms with Crippen LogP contribution in [0.1, 0.15) is 41.1 Å². The summed E-state index contributed by atoms with van der Waals surface area (Å²) >= 11 is 0. The van der Waals surface area contributed by atoms with Crippen LogP contribution < -0.4 is 11.2 Å². The monoisotopic (exact) mass is 408 g/mol. The molecule has 4 aromatic rings. The fourth-order valence-corrected chi connectivity index (χ4v) is 3.51. The second kappa shape index (κ2) is 7.62. The van der Waals surface area contributed by atoms with Crippen LogP contribution in [0.15, 0.2) is 49.0 Å². The summed E-state index contributed by atoms with van der Waals surface area (Å²) in [5, 5.41) is 0.793. The number of hydrogen-bond acceptors (Lipinski definition) is 7. The Morgan fingerprint density at radius 1 is 1.17 bits per heavy atom. The van der Waals surface area contributed by atoms with Gasteiger partial charge >= 0.3 is 11.6 Å². The van der Waals surface area contributed by atoms with Crippen molar-refractivity contribution in [3.8, 4) is 0 Å². The lowest BCUT2D eigenvalue weighted by Crippen LogP contribution is -2.23. The second-order valence-electron chi connectivity index (χ2n) is 6.89. The number of benzene rings is 1. The molecule has 0 aliphatic heterocycles. The normalized spacial score (nSPS) is 11.3. The lowest BCUT2D eigenvalue weighted by atomic mass is 10.1. The third-order valence-electron chi connectivity index (χ3n) is 4.98. The van der Waals surface area contributed by atoms with Gasteiger partial charge in [0.1, 0.15) is 28.6 Å². The van der Waals surface area contributed by atoms with E-state index in [4.69, 9.17) is 13.6 Å². The van der Waals surface area contributed by atoms with Gasteiger partial charge in [0, 0.05) is 11.5 Å². The van der Waals surface area contributed by atoms with Crippen molar-refractivity contribution in [1.29, 1.82) is 0 Å². The van der Waals surface area contributed by atoms with E-state index in [2.05, 4.69) is 4.98 Å². The molecule has 30 heavy (non-hydrogen) atoms. The number of aromatic nitrogens is 2. The first-order chi connectivity index (χ1) is 14.4. The molecule has 0 saturated carbocycles. The molecule has 0 saturated heterocycles. The van der Waals surface area contributed by atoms with Gasteiger partial charge in [-0.15, -0.1) is 0 Å². The highest BCUT2D eigenvalue weighted by Crippen LogP contribution is 2.23. The zero-order chi connectivity index (χ0) is 21.4. The number of nitrogens with zero attached hydrogens (tertiary/aromatic N) is 2. The Hall–Kier alpha value is -3.68. The summed E-state index contributed by atoms with van der Waals surface area (Å²) in [6, 6.07) is 7.00. The number of furan rings is 1. The van der Waals surface area contributed by atoms with Gasteiger partial charge in [0.2, 0.25) is 5.71 Å². The highest BCUT2D eigenvalue weighted by atomic mass is 16.5. The van der Waals surface area contributed by atoms with Gasteiger partial charge in [-0.2, -0.15) is 0 Å². The first-order valence-electron chi connectivity index (χ1n) is 9.64. The molecule has 0 fully saturated rings. The molecule has 3 aromatic heterocycles. The van der Waals surface area contributed by atoms with Crippen LogP contribution in [0.3, 0.4) is 0 Å². The van der Waals surface area contributed by atoms with Crippen molar-refractivity contribution in [2.45, 2.75) is 33.7 Å². The number of aryl methyl sites for hydroxylation is 2. The van der Waals surface area contributed by atoms with Gasteiger partial charge in [-0.25, -0.2) is 14.6 Å². The first-order valence-corrected chi connectivity index (χ1v) is 9.64. The van der Waals surface area contributed by atoms with Crippen LogP contribution in [-0.2, 0) is 17.7 Å². The molecule has 3 heterocycles. The van der Waals surface area contributed by atoms with E-state index in [9.17, 15) is 14.4 Å². The molecule has 1 aromatic carbocycles. The lowest BCUT2D eigenvalue weighted by Gasteiger charge is -2.09. The largest absolute Gasteiger partial charge is 0.462 e. The summed E-state index contributed by atoms with van der Waals surface area (Å²) in [5.74, 6) is -0.369. The summed E-state index contributed by atoms with van der Waals surface area (Å²) in [6.45, 7) is 5.53. The Balaban J connectivity index is 1.87. The fourth-order valence-electron chi connectivity index (χ4n) is 3.51. The molecule has 0 unspecified atom stereocenters. The summed E-state index contributed by atoms with van der Waals surface area (Å²) in [7, 11) is 0. The molecule has 0 atom stereocenters. The molecule has 0 spiro atoms. The third kappa shape index (κ3) is 3.30. The molecule has 0 aliphatic rings. The van der Waals surface area contributed by atoms with Gasteiger partial charge in [-0.3, -0.25) is 9.36 Å². The van der Waals surface area contributed by atoms with Gasteiger partial charge in [0.05, 0.1) is 13.2 Å². The number of ether oxygens (including phenoxy) is 1. The Morgan fingerprint density at radius 3 is 2.70 bits per heavy atom. The van der Waals surface area contributed by atoms with Gasteiger partial charge in [-0.1, -0.05) is 19.1 Å². The highest BCUT2D eigenvalue weighted by Gasteiger charge is 2.24. The first kappa shape index (κ1) is 19.6. The molecule has 0 radical (unpaired) electrons. The van der Waals surface area contributed by atoms with Crippen LogP contribution in [0.5, 0.6) is 0 Å². The number of carbonyl (C=O) groups excluding carboxylic acids is 1. The summed E-state index contributed by atoms with van der Waals surface area (Å²) in [4.78, 5) is 41.7. The van der Waals surface area contributed by atoms with Crippen molar-refractivity contribution in [3.63, 3.8) is 0 Å². The van der Waals surface area contributed by atoms with E-state index >= 15 is 0 Å². The molecule has 154 valence electrons. The van der Waals surface area contributed by atoms with Crippen molar-refractivity contribution in [2.24, 2.45) is 0 Å². The van der Waals surface area contributed by atoms with E-state index in [1.165, 1.54) is 17.0 Å². The Morgan fingerprint density at radius 2 is 1.97 bits per heavy atom. The summed E-state index contributed by atoms with van der Waals surface area (Å²) < 4.78 is 17.2. The molecule has 0 aliphatic carbocycles.